The van der Waals surface area contributed by atoms with Crippen molar-refractivity contribution in [3.8, 4) is 23.0 Å². The van der Waals surface area contributed by atoms with Crippen LogP contribution in [-0.4, -0.2) is 37.4 Å². The molecule has 0 saturated carbocycles. The van der Waals surface area contributed by atoms with Crippen molar-refractivity contribution in [1.29, 1.82) is 0 Å². The lowest BCUT2D eigenvalue weighted by Crippen LogP contribution is -2.17. The third-order valence-electron chi connectivity index (χ3n) is 4.31. The Bertz CT molecular complexity index is 1180. The SMILES string of the molecule is COc1cc(C(=O)N/N=C/c2ccc(OC(=O)c3ccccc3Cl)c(OC)c2)ccc1O. The zero-order chi connectivity index (χ0) is 23.1. The molecule has 2 N–H and O–H groups in total. The van der Waals surface area contributed by atoms with Crippen LogP contribution in [0.25, 0.3) is 0 Å². The molecule has 0 unspecified atom stereocenters. The molecule has 0 radical (unpaired) electrons. The number of nitrogens with zero attached hydrogens (tertiary/aromatic N) is 1. The van der Waals surface area contributed by atoms with Crippen molar-refractivity contribution in [3.63, 3.8) is 0 Å². The molecule has 3 aromatic carbocycles. The molecule has 0 spiro atoms. The van der Waals surface area contributed by atoms with E-state index in [-0.39, 0.29) is 33.4 Å². The lowest BCUT2D eigenvalue weighted by atomic mass is 10.2. The van der Waals surface area contributed by atoms with E-state index in [9.17, 15) is 14.7 Å². The number of carbonyl (C=O) groups excluding carboxylic acids is 2. The summed E-state index contributed by atoms with van der Waals surface area (Å²) in [7, 11) is 2.82. The number of aromatic hydroxyl groups is 1. The highest BCUT2D eigenvalue weighted by atomic mass is 35.5. The van der Waals surface area contributed by atoms with Crippen LogP contribution in [0.4, 0.5) is 0 Å². The van der Waals surface area contributed by atoms with Gasteiger partial charge in [0.15, 0.2) is 23.0 Å². The summed E-state index contributed by atoms with van der Waals surface area (Å²) in [6, 6.07) is 15.5. The molecule has 0 bridgehead atoms. The molecular weight excluding hydrogens is 436 g/mol. The van der Waals surface area contributed by atoms with Gasteiger partial charge in [-0.3, -0.25) is 4.79 Å². The number of hydrogen-bond acceptors (Lipinski definition) is 7. The van der Waals surface area contributed by atoms with Crippen LogP contribution in [0.15, 0.2) is 65.8 Å². The topological polar surface area (TPSA) is 106 Å². The predicted molar refractivity (Wildman–Crippen MR) is 119 cm³/mol. The number of hydrazone groups is 1. The normalized spacial score (nSPS) is 10.6. The van der Waals surface area contributed by atoms with Crippen LogP contribution >= 0.6 is 11.6 Å². The van der Waals surface area contributed by atoms with Crippen molar-refractivity contribution in [2.24, 2.45) is 5.10 Å². The lowest BCUT2D eigenvalue weighted by Gasteiger charge is -2.10. The first-order valence-electron chi connectivity index (χ1n) is 9.28. The fourth-order valence-electron chi connectivity index (χ4n) is 2.68. The zero-order valence-electron chi connectivity index (χ0n) is 17.2. The first-order chi connectivity index (χ1) is 15.4. The highest BCUT2D eigenvalue weighted by Gasteiger charge is 2.15. The fourth-order valence-corrected chi connectivity index (χ4v) is 2.89. The Morgan fingerprint density at radius 3 is 2.44 bits per heavy atom. The van der Waals surface area contributed by atoms with E-state index in [1.54, 1.807) is 42.5 Å². The number of nitrogens with one attached hydrogen (secondary N) is 1. The molecule has 9 heteroatoms. The Hall–Kier alpha value is -4.04. The lowest BCUT2D eigenvalue weighted by molar-refractivity contribution is 0.0729. The number of methoxy groups -OCH3 is 2. The minimum Gasteiger partial charge on any atom is -0.504 e. The number of amides is 1. The summed E-state index contributed by atoms with van der Waals surface area (Å²) in [4.78, 5) is 24.6. The molecule has 8 nitrogen and oxygen atoms in total. The van der Waals surface area contributed by atoms with Crippen molar-refractivity contribution in [2.45, 2.75) is 0 Å². The Kier molecular flexibility index (Phi) is 7.30. The van der Waals surface area contributed by atoms with E-state index in [2.05, 4.69) is 10.5 Å². The van der Waals surface area contributed by atoms with Crippen LogP contribution in [0.5, 0.6) is 23.0 Å². The van der Waals surface area contributed by atoms with E-state index in [0.717, 1.165) is 0 Å². The van der Waals surface area contributed by atoms with Gasteiger partial charge in [0.25, 0.3) is 5.91 Å². The second kappa shape index (κ2) is 10.3. The van der Waals surface area contributed by atoms with Gasteiger partial charge < -0.3 is 19.3 Å². The second-order valence-electron chi connectivity index (χ2n) is 6.37. The summed E-state index contributed by atoms with van der Waals surface area (Å²) in [6.07, 6.45) is 1.40. The number of phenolic OH excluding ortho intramolecular Hbond substituents is 1. The van der Waals surface area contributed by atoms with Gasteiger partial charge in [0.1, 0.15) is 0 Å². The van der Waals surface area contributed by atoms with Crippen molar-refractivity contribution < 1.29 is 28.9 Å². The molecular formula is C23H19ClN2O6. The summed E-state index contributed by atoms with van der Waals surface area (Å²) in [5.41, 5.74) is 3.46. The van der Waals surface area contributed by atoms with Gasteiger partial charge >= 0.3 is 5.97 Å². The van der Waals surface area contributed by atoms with Crippen molar-refractivity contribution in [1.82, 2.24) is 5.43 Å². The summed E-state index contributed by atoms with van der Waals surface area (Å²) < 4.78 is 15.7. The standard InChI is InChI=1S/C23H19ClN2O6/c1-30-20-12-15(8-9-18(20)27)22(28)26-25-13-14-7-10-19(21(11-14)31-2)32-23(29)16-5-3-4-6-17(16)24/h3-13,27H,1-2H3,(H,26,28)/b25-13+. The van der Waals surface area contributed by atoms with Crippen LogP contribution in [0, 0.1) is 0 Å². The quantitative estimate of drug-likeness (QED) is 0.241. The van der Waals surface area contributed by atoms with E-state index in [1.807, 2.05) is 0 Å². The summed E-state index contributed by atoms with van der Waals surface area (Å²) in [6.45, 7) is 0. The molecule has 32 heavy (non-hydrogen) atoms. The van der Waals surface area contributed by atoms with E-state index < -0.39 is 11.9 Å². The minimum atomic E-state index is -0.619. The molecule has 164 valence electrons. The van der Waals surface area contributed by atoms with Gasteiger partial charge in [-0.05, 0) is 54.1 Å². The van der Waals surface area contributed by atoms with Crippen LogP contribution in [-0.2, 0) is 0 Å². The molecule has 0 atom stereocenters. The van der Waals surface area contributed by atoms with Gasteiger partial charge in [-0.2, -0.15) is 5.10 Å². The number of benzene rings is 3. The van der Waals surface area contributed by atoms with Crippen molar-refractivity contribution in [3.05, 3.63) is 82.4 Å². The van der Waals surface area contributed by atoms with Gasteiger partial charge in [-0.25, -0.2) is 10.2 Å². The van der Waals surface area contributed by atoms with E-state index >= 15 is 0 Å². The van der Waals surface area contributed by atoms with Crippen molar-refractivity contribution >= 4 is 29.7 Å². The molecule has 0 aromatic heterocycles. The predicted octanol–water partition coefficient (Wildman–Crippen LogP) is 4.05. The maximum atomic E-state index is 12.4. The Balaban J connectivity index is 1.69. The third kappa shape index (κ3) is 5.35. The number of carbonyl (C=O) groups is 2. The number of halogens is 1. The smallest absolute Gasteiger partial charge is 0.345 e. The van der Waals surface area contributed by atoms with Gasteiger partial charge in [0, 0.05) is 5.56 Å². The summed E-state index contributed by atoms with van der Waals surface area (Å²) in [5.74, 6) is -0.509. The van der Waals surface area contributed by atoms with Crippen LogP contribution in [0.3, 0.4) is 0 Å². The first-order valence-corrected chi connectivity index (χ1v) is 9.66. The fraction of sp³-hybridized carbons (Fsp3) is 0.0870. The second-order valence-corrected chi connectivity index (χ2v) is 6.77. The molecule has 3 rings (SSSR count). The maximum Gasteiger partial charge on any atom is 0.345 e. The number of phenols is 1. The van der Waals surface area contributed by atoms with Gasteiger partial charge in [0.2, 0.25) is 0 Å². The van der Waals surface area contributed by atoms with E-state index in [0.29, 0.717) is 11.3 Å². The van der Waals surface area contributed by atoms with Crippen LogP contribution in [0.1, 0.15) is 26.3 Å². The average molecular weight is 455 g/mol. The molecule has 0 aliphatic heterocycles. The average Bonchev–Trinajstić information content (AvgIpc) is 2.80. The zero-order valence-corrected chi connectivity index (χ0v) is 17.9. The number of hydrogen-bond donors (Lipinski definition) is 2. The van der Waals surface area contributed by atoms with Gasteiger partial charge in [-0.15, -0.1) is 0 Å². The Labute approximate surface area is 189 Å². The van der Waals surface area contributed by atoms with Crippen LogP contribution in [0.2, 0.25) is 5.02 Å². The van der Waals surface area contributed by atoms with Crippen molar-refractivity contribution in [2.75, 3.05) is 14.2 Å². The largest absolute Gasteiger partial charge is 0.504 e. The molecule has 1 amide bonds. The van der Waals surface area contributed by atoms with E-state index in [4.69, 9.17) is 25.8 Å². The van der Waals surface area contributed by atoms with E-state index in [1.165, 1.54) is 38.6 Å². The van der Waals surface area contributed by atoms with Gasteiger partial charge in [0.05, 0.1) is 31.0 Å². The summed E-state index contributed by atoms with van der Waals surface area (Å²) >= 11 is 6.03. The van der Waals surface area contributed by atoms with Crippen LogP contribution < -0.4 is 19.6 Å². The number of esters is 1. The molecule has 0 heterocycles. The van der Waals surface area contributed by atoms with Gasteiger partial charge in [-0.1, -0.05) is 23.7 Å². The molecule has 0 saturated heterocycles. The highest BCUT2D eigenvalue weighted by Crippen LogP contribution is 2.29. The highest BCUT2D eigenvalue weighted by molar-refractivity contribution is 6.33. The number of rotatable bonds is 7. The first kappa shape index (κ1) is 22.6. The molecule has 0 aliphatic carbocycles. The number of ether oxygens (including phenoxy) is 3. The molecule has 3 aromatic rings. The molecule has 0 aliphatic rings. The maximum absolute atomic E-state index is 12.4. The Morgan fingerprint density at radius 2 is 1.72 bits per heavy atom. The third-order valence-corrected chi connectivity index (χ3v) is 4.64. The molecule has 0 fully saturated rings. The summed E-state index contributed by atoms with van der Waals surface area (Å²) in [5, 5.41) is 13.8. The Morgan fingerprint density at radius 1 is 0.969 bits per heavy atom. The minimum absolute atomic E-state index is 0.0741. The monoisotopic (exact) mass is 454 g/mol.